The van der Waals surface area contributed by atoms with Crippen molar-refractivity contribution in [3.05, 3.63) is 0 Å². The standard InChI is InChI=1S/C12H23N3O3/c1-9(8-11(13)16)15-12(17)4-7-18-10-2-5-14-6-3-10/h9-10,14H,2-8H2,1H3,(H2,13,16)(H,15,17). The molecule has 0 aliphatic carbocycles. The predicted octanol–water partition coefficient (Wildman–Crippen LogP) is -0.475. The number of hydrogen-bond acceptors (Lipinski definition) is 4. The fourth-order valence-corrected chi connectivity index (χ4v) is 1.98. The van der Waals surface area contributed by atoms with E-state index in [0.717, 1.165) is 25.9 Å². The molecule has 1 atom stereocenters. The second-order valence-corrected chi connectivity index (χ2v) is 4.71. The van der Waals surface area contributed by atoms with Crippen LogP contribution in [0.5, 0.6) is 0 Å². The maximum absolute atomic E-state index is 11.5. The molecule has 0 spiro atoms. The second-order valence-electron chi connectivity index (χ2n) is 4.71. The number of amides is 2. The number of rotatable bonds is 7. The molecule has 2 amide bonds. The van der Waals surface area contributed by atoms with Gasteiger partial charge in [-0.25, -0.2) is 0 Å². The van der Waals surface area contributed by atoms with Gasteiger partial charge in [0.05, 0.1) is 12.7 Å². The van der Waals surface area contributed by atoms with Crippen molar-refractivity contribution in [1.82, 2.24) is 10.6 Å². The number of carbonyl (C=O) groups excluding carboxylic acids is 2. The Bertz CT molecular complexity index is 278. The van der Waals surface area contributed by atoms with Crippen molar-refractivity contribution in [1.29, 1.82) is 0 Å². The zero-order valence-electron chi connectivity index (χ0n) is 10.9. The molecule has 1 rings (SSSR count). The van der Waals surface area contributed by atoms with Crippen molar-refractivity contribution >= 4 is 11.8 Å². The topological polar surface area (TPSA) is 93.5 Å². The highest BCUT2D eigenvalue weighted by atomic mass is 16.5. The van der Waals surface area contributed by atoms with E-state index < -0.39 is 5.91 Å². The van der Waals surface area contributed by atoms with Crippen molar-refractivity contribution in [2.45, 2.75) is 44.8 Å². The average Bonchev–Trinajstić information content (AvgIpc) is 2.29. The van der Waals surface area contributed by atoms with Crippen LogP contribution in [0.4, 0.5) is 0 Å². The molecule has 0 bridgehead atoms. The Balaban J connectivity index is 2.07. The molecule has 4 N–H and O–H groups in total. The summed E-state index contributed by atoms with van der Waals surface area (Å²) >= 11 is 0. The van der Waals surface area contributed by atoms with Gasteiger partial charge < -0.3 is 21.1 Å². The molecule has 0 aromatic carbocycles. The molecule has 6 nitrogen and oxygen atoms in total. The first-order chi connectivity index (χ1) is 8.58. The third-order valence-corrected chi connectivity index (χ3v) is 2.88. The summed E-state index contributed by atoms with van der Waals surface area (Å²) in [5.41, 5.74) is 5.05. The summed E-state index contributed by atoms with van der Waals surface area (Å²) in [6.45, 7) is 4.15. The molecule has 6 heteroatoms. The molecular weight excluding hydrogens is 234 g/mol. The van der Waals surface area contributed by atoms with Gasteiger partial charge in [0.25, 0.3) is 0 Å². The van der Waals surface area contributed by atoms with Gasteiger partial charge in [0, 0.05) is 18.9 Å². The summed E-state index contributed by atoms with van der Waals surface area (Å²) < 4.78 is 5.62. The Morgan fingerprint density at radius 2 is 2.11 bits per heavy atom. The molecular formula is C12H23N3O3. The van der Waals surface area contributed by atoms with Gasteiger partial charge >= 0.3 is 0 Å². The summed E-state index contributed by atoms with van der Waals surface area (Å²) in [6.07, 6.45) is 2.76. The van der Waals surface area contributed by atoms with E-state index in [-0.39, 0.29) is 24.5 Å². The highest BCUT2D eigenvalue weighted by molar-refractivity contribution is 5.78. The van der Waals surface area contributed by atoms with Crippen molar-refractivity contribution in [3.63, 3.8) is 0 Å². The minimum absolute atomic E-state index is 0.0994. The second kappa shape index (κ2) is 8.05. The molecule has 0 aromatic rings. The van der Waals surface area contributed by atoms with Crippen LogP contribution >= 0.6 is 0 Å². The Kier molecular flexibility index (Phi) is 6.67. The smallest absolute Gasteiger partial charge is 0.222 e. The fraction of sp³-hybridized carbons (Fsp3) is 0.833. The van der Waals surface area contributed by atoms with Crippen molar-refractivity contribution in [2.75, 3.05) is 19.7 Å². The first-order valence-corrected chi connectivity index (χ1v) is 6.48. The quantitative estimate of drug-likeness (QED) is 0.574. The minimum atomic E-state index is -0.409. The van der Waals surface area contributed by atoms with Crippen LogP contribution in [0.15, 0.2) is 0 Å². The molecule has 1 fully saturated rings. The lowest BCUT2D eigenvalue weighted by atomic mass is 10.1. The van der Waals surface area contributed by atoms with Crippen LogP contribution in [0.2, 0.25) is 0 Å². The largest absolute Gasteiger partial charge is 0.378 e. The number of hydrogen-bond donors (Lipinski definition) is 3. The normalized spacial score (nSPS) is 18.3. The maximum Gasteiger partial charge on any atom is 0.222 e. The Hall–Kier alpha value is -1.14. The number of primary amides is 1. The third kappa shape index (κ3) is 6.56. The summed E-state index contributed by atoms with van der Waals surface area (Å²) in [5, 5.41) is 5.97. The Labute approximate surface area is 108 Å². The molecule has 1 aliphatic heterocycles. The van der Waals surface area contributed by atoms with Gasteiger partial charge in [0.2, 0.25) is 11.8 Å². The van der Waals surface area contributed by atoms with Gasteiger partial charge in [-0.1, -0.05) is 0 Å². The van der Waals surface area contributed by atoms with Crippen LogP contribution < -0.4 is 16.4 Å². The highest BCUT2D eigenvalue weighted by Gasteiger charge is 2.14. The van der Waals surface area contributed by atoms with Gasteiger partial charge in [-0.3, -0.25) is 9.59 Å². The van der Waals surface area contributed by atoms with E-state index in [1.165, 1.54) is 0 Å². The maximum atomic E-state index is 11.5. The predicted molar refractivity (Wildman–Crippen MR) is 67.9 cm³/mol. The molecule has 1 saturated heterocycles. The Morgan fingerprint density at radius 3 is 2.72 bits per heavy atom. The minimum Gasteiger partial charge on any atom is -0.378 e. The average molecular weight is 257 g/mol. The highest BCUT2D eigenvalue weighted by Crippen LogP contribution is 2.07. The molecule has 1 unspecified atom stereocenters. The first-order valence-electron chi connectivity index (χ1n) is 6.48. The molecule has 1 aliphatic rings. The summed E-state index contributed by atoms with van der Waals surface area (Å²) in [5.74, 6) is -0.508. The van der Waals surface area contributed by atoms with Crippen molar-refractivity contribution in [3.8, 4) is 0 Å². The van der Waals surface area contributed by atoms with Crippen LogP contribution in [0, 0.1) is 0 Å². The summed E-state index contributed by atoms with van der Waals surface area (Å²) in [7, 11) is 0. The van der Waals surface area contributed by atoms with E-state index in [4.69, 9.17) is 10.5 Å². The van der Waals surface area contributed by atoms with Crippen molar-refractivity contribution in [2.24, 2.45) is 5.73 Å². The summed E-state index contributed by atoms with van der Waals surface area (Å²) in [4.78, 5) is 22.2. The van der Waals surface area contributed by atoms with Gasteiger partial charge in [-0.2, -0.15) is 0 Å². The van der Waals surface area contributed by atoms with E-state index in [0.29, 0.717) is 13.0 Å². The molecule has 0 aromatic heterocycles. The SMILES string of the molecule is CC(CC(N)=O)NC(=O)CCOC1CCNCC1. The number of nitrogens with one attached hydrogen (secondary N) is 2. The zero-order valence-corrected chi connectivity index (χ0v) is 10.9. The van der Waals surface area contributed by atoms with Gasteiger partial charge in [0.1, 0.15) is 0 Å². The molecule has 104 valence electrons. The van der Waals surface area contributed by atoms with E-state index >= 15 is 0 Å². The first kappa shape index (κ1) is 14.9. The van der Waals surface area contributed by atoms with Gasteiger partial charge in [-0.05, 0) is 32.9 Å². The molecule has 18 heavy (non-hydrogen) atoms. The molecule has 0 saturated carbocycles. The number of carbonyl (C=O) groups is 2. The monoisotopic (exact) mass is 257 g/mol. The van der Waals surface area contributed by atoms with Crippen LogP contribution in [0.25, 0.3) is 0 Å². The zero-order chi connectivity index (χ0) is 13.4. The molecule has 1 heterocycles. The number of ether oxygens (including phenoxy) is 1. The summed E-state index contributed by atoms with van der Waals surface area (Å²) in [6, 6.07) is -0.214. The van der Waals surface area contributed by atoms with Gasteiger partial charge in [-0.15, -0.1) is 0 Å². The lowest BCUT2D eigenvalue weighted by molar-refractivity contribution is -0.123. The Morgan fingerprint density at radius 1 is 1.44 bits per heavy atom. The van der Waals surface area contributed by atoms with Gasteiger partial charge in [0.15, 0.2) is 0 Å². The third-order valence-electron chi connectivity index (χ3n) is 2.88. The number of piperidine rings is 1. The van der Waals surface area contributed by atoms with E-state index in [9.17, 15) is 9.59 Å². The van der Waals surface area contributed by atoms with E-state index in [1.54, 1.807) is 6.92 Å². The van der Waals surface area contributed by atoms with Crippen LogP contribution in [-0.4, -0.2) is 43.7 Å². The number of nitrogens with two attached hydrogens (primary N) is 1. The fourth-order valence-electron chi connectivity index (χ4n) is 1.98. The van der Waals surface area contributed by atoms with Crippen LogP contribution in [0.1, 0.15) is 32.6 Å². The lowest BCUT2D eigenvalue weighted by Crippen LogP contribution is -2.37. The van der Waals surface area contributed by atoms with E-state index in [2.05, 4.69) is 10.6 Å². The van der Waals surface area contributed by atoms with Crippen LogP contribution in [-0.2, 0) is 14.3 Å². The van der Waals surface area contributed by atoms with E-state index in [1.807, 2.05) is 0 Å². The molecule has 0 radical (unpaired) electrons. The van der Waals surface area contributed by atoms with Crippen LogP contribution in [0.3, 0.4) is 0 Å². The van der Waals surface area contributed by atoms with Crippen molar-refractivity contribution < 1.29 is 14.3 Å². The lowest BCUT2D eigenvalue weighted by Gasteiger charge is -2.22.